The van der Waals surface area contributed by atoms with Gasteiger partial charge in [0.05, 0.1) is 14.9 Å². The Labute approximate surface area is 205 Å². The summed E-state index contributed by atoms with van der Waals surface area (Å²) in [4.78, 5) is 13.9. The fourth-order valence-corrected chi connectivity index (χ4v) is 4.05. The fraction of sp³-hybridized carbons (Fsp3) is 0.435. The zero-order valence-corrected chi connectivity index (χ0v) is 21.4. The van der Waals surface area contributed by atoms with E-state index in [9.17, 15) is 13.2 Å². The zero-order valence-electron chi connectivity index (χ0n) is 19.1. The molecule has 0 radical (unpaired) electrons. The van der Waals surface area contributed by atoms with Crippen molar-refractivity contribution >= 4 is 39.4 Å². The Balaban J connectivity index is 0.000000294. The molecule has 3 rings (SSSR count). The van der Waals surface area contributed by atoms with Gasteiger partial charge in [0.2, 0.25) is 0 Å². The molecule has 0 unspecified atom stereocenters. The SMILES string of the molecule is CC(C)(C)OC(=O)N1CC[C@H](N)[C@H](c2ccc(Cl)c(Cl)c2)C1.Cc1ccc(S(=O)(=O)O)cc1. The van der Waals surface area contributed by atoms with Crippen molar-refractivity contribution < 1.29 is 22.5 Å². The van der Waals surface area contributed by atoms with Gasteiger partial charge in [0.15, 0.2) is 0 Å². The number of likely N-dealkylation sites (tertiary alicyclic amines) is 1. The Bertz CT molecular complexity index is 1070. The van der Waals surface area contributed by atoms with Crippen molar-refractivity contribution in [1.82, 2.24) is 4.90 Å². The van der Waals surface area contributed by atoms with E-state index in [0.717, 1.165) is 17.5 Å². The highest BCUT2D eigenvalue weighted by atomic mass is 35.5. The van der Waals surface area contributed by atoms with Crippen LogP contribution in [0, 0.1) is 6.92 Å². The first-order valence-electron chi connectivity index (χ1n) is 10.4. The summed E-state index contributed by atoms with van der Waals surface area (Å²) in [6.07, 6.45) is 0.425. The molecule has 1 saturated heterocycles. The molecule has 182 valence electrons. The normalized spacial score (nSPS) is 18.8. The van der Waals surface area contributed by atoms with Gasteiger partial charge < -0.3 is 15.4 Å². The van der Waals surface area contributed by atoms with Crippen molar-refractivity contribution in [2.24, 2.45) is 5.73 Å². The monoisotopic (exact) mass is 516 g/mol. The predicted octanol–water partition coefficient (Wildman–Crippen LogP) is 5.29. The van der Waals surface area contributed by atoms with E-state index >= 15 is 0 Å². The average molecular weight is 517 g/mol. The third-order valence-electron chi connectivity index (χ3n) is 5.01. The van der Waals surface area contributed by atoms with Crippen molar-refractivity contribution in [1.29, 1.82) is 0 Å². The number of hydrogen-bond donors (Lipinski definition) is 2. The summed E-state index contributed by atoms with van der Waals surface area (Å²) in [5, 5.41) is 1.01. The second-order valence-electron chi connectivity index (χ2n) is 8.95. The Morgan fingerprint density at radius 1 is 1.12 bits per heavy atom. The number of piperidine rings is 1. The summed E-state index contributed by atoms with van der Waals surface area (Å²) >= 11 is 12.0. The van der Waals surface area contributed by atoms with E-state index in [-0.39, 0.29) is 22.9 Å². The van der Waals surface area contributed by atoms with Gasteiger partial charge in [0.25, 0.3) is 10.1 Å². The molecule has 0 spiro atoms. The highest BCUT2D eigenvalue weighted by Crippen LogP contribution is 2.31. The maximum atomic E-state index is 12.2. The number of benzene rings is 2. The summed E-state index contributed by atoms with van der Waals surface area (Å²) < 4.78 is 35.0. The lowest BCUT2D eigenvalue weighted by atomic mass is 9.87. The molecular weight excluding hydrogens is 487 g/mol. The number of nitrogens with zero attached hydrogens (tertiary/aromatic N) is 1. The lowest BCUT2D eigenvalue weighted by Crippen LogP contribution is -2.49. The number of carbonyl (C=O) groups is 1. The van der Waals surface area contributed by atoms with Crippen molar-refractivity contribution in [3.05, 3.63) is 63.6 Å². The molecule has 3 N–H and O–H groups in total. The van der Waals surface area contributed by atoms with Crippen LogP contribution in [0.1, 0.15) is 44.2 Å². The molecule has 0 bridgehead atoms. The van der Waals surface area contributed by atoms with Crippen molar-refractivity contribution in [3.8, 4) is 0 Å². The minimum Gasteiger partial charge on any atom is -0.444 e. The highest BCUT2D eigenvalue weighted by molar-refractivity contribution is 7.85. The van der Waals surface area contributed by atoms with E-state index in [1.165, 1.54) is 12.1 Å². The Kier molecular flexibility index (Phi) is 9.18. The lowest BCUT2D eigenvalue weighted by molar-refractivity contribution is 0.0186. The number of carbonyl (C=O) groups excluding carboxylic acids is 1. The first-order valence-corrected chi connectivity index (χ1v) is 12.6. The maximum Gasteiger partial charge on any atom is 0.410 e. The van der Waals surface area contributed by atoms with E-state index in [4.69, 9.17) is 38.2 Å². The smallest absolute Gasteiger partial charge is 0.410 e. The lowest BCUT2D eigenvalue weighted by Gasteiger charge is -2.37. The first-order chi connectivity index (χ1) is 15.2. The van der Waals surface area contributed by atoms with Gasteiger partial charge in [-0.25, -0.2) is 4.79 Å². The molecule has 1 amide bonds. The molecule has 2 aromatic carbocycles. The molecule has 1 aliphatic rings. The average Bonchev–Trinajstić information content (AvgIpc) is 2.69. The van der Waals surface area contributed by atoms with Crippen LogP contribution in [0.4, 0.5) is 4.79 Å². The van der Waals surface area contributed by atoms with E-state index in [1.807, 2.05) is 39.8 Å². The third-order valence-corrected chi connectivity index (χ3v) is 6.62. The Hall–Kier alpha value is -1.84. The number of aryl methyl sites for hydroxylation is 1. The summed E-state index contributed by atoms with van der Waals surface area (Å²) in [7, 11) is -4.02. The van der Waals surface area contributed by atoms with Crippen molar-refractivity contribution in [3.63, 3.8) is 0 Å². The first kappa shape index (κ1) is 27.4. The molecule has 10 heteroatoms. The molecule has 33 heavy (non-hydrogen) atoms. The van der Waals surface area contributed by atoms with E-state index in [1.54, 1.807) is 23.1 Å². The zero-order chi connectivity index (χ0) is 25.0. The predicted molar refractivity (Wildman–Crippen MR) is 131 cm³/mol. The molecule has 2 aromatic rings. The molecule has 0 aliphatic carbocycles. The molecule has 0 aromatic heterocycles. The molecule has 1 fully saturated rings. The summed E-state index contributed by atoms with van der Waals surface area (Å²) in [5.41, 5.74) is 7.68. The standard InChI is InChI=1S/C16H22Cl2N2O2.C7H8O3S/c1-16(2,3)22-15(21)20-7-6-14(19)11(9-20)10-4-5-12(17)13(18)8-10;1-6-2-4-7(5-3-6)11(8,9)10/h4-5,8,11,14H,6-7,9,19H2,1-3H3;2-5H,1H3,(H,8,9,10)/t11-,14-;/m0./s1. The second-order valence-corrected chi connectivity index (χ2v) is 11.2. The van der Waals surface area contributed by atoms with Gasteiger partial charge in [-0.3, -0.25) is 4.55 Å². The van der Waals surface area contributed by atoms with Gasteiger partial charge in [-0.15, -0.1) is 0 Å². The topological polar surface area (TPSA) is 110 Å². The quantitative estimate of drug-likeness (QED) is 0.524. The van der Waals surface area contributed by atoms with Gasteiger partial charge in [-0.05, 0) is 63.9 Å². The van der Waals surface area contributed by atoms with Crippen LogP contribution in [-0.2, 0) is 14.9 Å². The summed E-state index contributed by atoms with van der Waals surface area (Å²) in [6.45, 7) is 8.54. The van der Waals surface area contributed by atoms with Crippen LogP contribution in [-0.4, -0.2) is 48.7 Å². The minimum atomic E-state index is -4.02. The Morgan fingerprint density at radius 2 is 1.73 bits per heavy atom. The van der Waals surface area contributed by atoms with Crippen LogP contribution < -0.4 is 5.73 Å². The van der Waals surface area contributed by atoms with Crippen LogP contribution >= 0.6 is 23.2 Å². The molecular formula is C23H30Cl2N2O5S. The number of halogens is 2. The van der Waals surface area contributed by atoms with Gasteiger partial charge in [-0.1, -0.05) is 47.0 Å². The van der Waals surface area contributed by atoms with Crippen LogP contribution in [0.3, 0.4) is 0 Å². The number of ether oxygens (including phenoxy) is 1. The third kappa shape index (κ3) is 8.46. The second kappa shape index (κ2) is 11.1. The van der Waals surface area contributed by atoms with Crippen molar-refractivity contribution in [2.45, 2.75) is 56.6 Å². The number of nitrogens with two attached hydrogens (primary N) is 1. The number of amides is 1. The molecule has 7 nitrogen and oxygen atoms in total. The maximum absolute atomic E-state index is 12.2. The molecule has 2 atom stereocenters. The molecule has 1 aliphatic heterocycles. The van der Waals surface area contributed by atoms with E-state index in [0.29, 0.717) is 23.1 Å². The van der Waals surface area contributed by atoms with E-state index < -0.39 is 15.7 Å². The van der Waals surface area contributed by atoms with Gasteiger partial charge in [0.1, 0.15) is 5.60 Å². The van der Waals surface area contributed by atoms with Gasteiger partial charge >= 0.3 is 6.09 Å². The Morgan fingerprint density at radius 3 is 2.24 bits per heavy atom. The fourth-order valence-electron chi connectivity index (χ4n) is 3.27. The summed E-state index contributed by atoms with van der Waals surface area (Å²) in [6, 6.07) is 11.5. The molecule has 0 saturated carbocycles. The van der Waals surface area contributed by atoms with Crippen LogP contribution in [0.15, 0.2) is 47.4 Å². The van der Waals surface area contributed by atoms with E-state index in [2.05, 4.69) is 0 Å². The summed E-state index contributed by atoms with van der Waals surface area (Å²) in [5.74, 6) is 0.0241. The van der Waals surface area contributed by atoms with Gasteiger partial charge in [0, 0.05) is 25.0 Å². The van der Waals surface area contributed by atoms with Crippen LogP contribution in [0.25, 0.3) is 0 Å². The van der Waals surface area contributed by atoms with Crippen LogP contribution in [0.2, 0.25) is 10.0 Å². The largest absolute Gasteiger partial charge is 0.444 e. The van der Waals surface area contributed by atoms with Crippen LogP contribution in [0.5, 0.6) is 0 Å². The van der Waals surface area contributed by atoms with Gasteiger partial charge in [-0.2, -0.15) is 8.42 Å². The highest BCUT2D eigenvalue weighted by Gasteiger charge is 2.32. The number of hydrogen-bond acceptors (Lipinski definition) is 5. The molecule has 1 heterocycles. The number of rotatable bonds is 2. The van der Waals surface area contributed by atoms with Crippen molar-refractivity contribution in [2.75, 3.05) is 13.1 Å². The minimum absolute atomic E-state index is 0.0177.